The smallest absolute Gasteiger partial charge is 0.306 e. The summed E-state index contributed by atoms with van der Waals surface area (Å²) in [7, 11) is -1.73. The van der Waals surface area contributed by atoms with E-state index in [0.717, 1.165) is 50.3 Å². The van der Waals surface area contributed by atoms with Gasteiger partial charge in [-0.15, -0.1) is 0 Å². The summed E-state index contributed by atoms with van der Waals surface area (Å²) >= 11 is 0. The minimum absolute atomic E-state index is 0.127. The van der Waals surface area contributed by atoms with Gasteiger partial charge in [0.05, 0.1) is 12.5 Å². The summed E-state index contributed by atoms with van der Waals surface area (Å²) in [6.45, 7) is 22.0. The molecule has 3 aromatic carbocycles. The molecule has 0 bridgehead atoms. The Morgan fingerprint density at radius 3 is 2.36 bits per heavy atom. The van der Waals surface area contributed by atoms with E-state index in [4.69, 9.17) is 9.16 Å². The first-order valence-corrected chi connectivity index (χ1v) is 19.6. The van der Waals surface area contributed by atoms with Crippen LogP contribution >= 0.6 is 0 Å². The predicted octanol–water partition coefficient (Wildman–Crippen LogP) is 9.82. The molecule has 45 heavy (non-hydrogen) atoms. The molecule has 1 fully saturated rings. The van der Waals surface area contributed by atoms with Crippen LogP contribution in [0.15, 0.2) is 48.5 Å². The number of fused-ring (bicyclic) bond motifs is 1. The normalized spacial score (nSPS) is 17.7. The van der Waals surface area contributed by atoms with Gasteiger partial charge in [-0.2, -0.15) is 0 Å². The highest BCUT2D eigenvalue weighted by Crippen LogP contribution is 2.65. The van der Waals surface area contributed by atoms with Gasteiger partial charge < -0.3 is 19.6 Å². The van der Waals surface area contributed by atoms with Crippen LogP contribution in [0.5, 0.6) is 5.75 Å². The van der Waals surface area contributed by atoms with Crippen molar-refractivity contribution in [3.05, 3.63) is 81.9 Å². The fraction of sp³-hybridized carbons (Fsp3) is 0.513. The quantitative estimate of drug-likeness (QED) is 0.155. The Balaban J connectivity index is 1.24. The van der Waals surface area contributed by atoms with Crippen LogP contribution in [0.2, 0.25) is 18.1 Å². The van der Waals surface area contributed by atoms with E-state index in [1.807, 2.05) is 6.92 Å². The van der Waals surface area contributed by atoms with Crippen LogP contribution in [0.25, 0.3) is 11.1 Å². The summed E-state index contributed by atoms with van der Waals surface area (Å²) < 4.78 is 12.5. The second kappa shape index (κ2) is 12.6. The second-order valence-corrected chi connectivity index (χ2v) is 20.1. The zero-order chi connectivity index (χ0) is 32.7. The Labute approximate surface area is 271 Å². The lowest BCUT2D eigenvalue weighted by atomic mass is 9.80. The lowest BCUT2D eigenvalue weighted by molar-refractivity contribution is -0.142. The predicted molar refractivity (Wildman–Crippen MR) is 188 cm³/mol. The van der Waals surface area contributed by atoms with Crippen molar-refractivity contribution in [3.63, 3.8) is 0 Å². The number of hydrogen-bond donors (Lipinski definition) is 2. The van der Waals surface area contributed by atoms with Gasteiger partial charge in [0.15, 0.2) is 8.32 Å². The first-order chi connectivity index (χ1) is 21.1. The summed E-state index contributed by atoms with van der Waals surface area (Å²) in [6.07, 6.45) is 4.15. The van der Waals surface area contributed by atoms with Crippen molar-refractivity contribution < 1.29 is 19.1 Å². The van der Waals surface area contributed by atoms with Crippen LogP contribution in [0.1, 0.15) is 86.3 Å². The van der Waals surface area contributed by atoms with E-state index in [0.29, 0.717) is 6.61 Å². The molecule has 1 spiro atoms. The maximum Gasteiger partial charge on any atom is 0.306 e. The number of ether oxygens (including phenoxy) is 1. The van der Waals surface area contributed by atoms with Gasteiger partial charge >= 0.3 is 5.97 Å². The Kier molecular flexibility index (Phi) is 9.32. The highest BCUT2D eigenvalue weighted by atomic mass is 28.4. The first-order valence-electron chi connectivity index (χ1n) is 16.7. The van der Waals surface area contributed by atoms with E-state index in [1.54, 1.807) is 0 Å². The monoisotopic (exact) mass is 627 g/mol. The summed E-state index contributed by atoms with van der Waals surface area (Å²) in [5.74, 6) is 0.00752. The molecule has 6 heteroatoms. The van der Waals surface area contributed by atoms with Crippen LogP contribution in [-0.4, -0.2) is 32.6 Å². The third-order valence-electron chi connectivity index (χ3n) is 11.0. The zero-order valence-corrected chi connectivity index (χ0v) is 29.9. The standard InChI is InChI=1S/C39H53NO4Si/c1-25-20-32(43-18-11-19-44-45(8,9)38(5,6)7)21-26(2)35(25)33-13-10-12-29(27(33)3)24-40-31-14-15-34-30(22-31)23-39(16-17-39)36(34)28(4)37(41)42/h10,12-15,20-22,28,36,40H,11,16-19,23-24H2,1-9H3,(H,41,42). The van der Waals surface area contributed by atoms with Gasteiger partial charge in [0.25, 0.3) is 0 Å². The number of carboxylic acids is 1. The lowest BCUT2D eigenvalue weighted by Gasteiger charge is -2.36. The number of carboxylic acid groups (broad SMARTS) is 1. The molecule has 1 saturated carbocycles. The molecule has 242 valence electrons. The van der Waals surface area contributed by atoms with E-state index in [-0.39, 0.29) is 22.3 Å². The zero-order valence-electron chi connectivity index (χ0n) is 28.9. The number of carbonyl (C=O) groups is 1. The number of aryl methyl sites for hydroxylation is 2. The number of aliphatic carboxylic acids is 1. The van der Waals surface area contributed by atoms with Gasteiger partial charge in [0.2, 0.25) is 0 Å². The van der Waals surface area contributed by atoms with Crippen molar-refractivity contribution in [2.45, 2.75) is 105 Å². The van der Waals surface area contributed by atoms with Crippen molar-refractivity contribution in [1.82, 2.24) is 0 Å². The molecule has 2 aliphatic rings. The molecule has 0 saturated heterocycles. The minimum atomic E-state index is -1.73. The highest BCUT2D eigenvalue weighted by Gasteiger charge is 2.57. The van der Waals surface area contributed by atoms with E-state index >= 15 is 0 Å². The van der Waals surface area contributed by atoms with Crippen molar-refractivity contribution in [2.75, 3.05) is 18.5 Å². The van der Waals surface area contributed by atoms with Gasteiger partial charge in [0.1, 0.15) is 5.75 Å². The largest absolute Gasteiger partial charge is 0.493 e. The maximum atomic E-state index is 11.9. The molecule has 2 aliphatic carbocycles. The number of anilines is 1. The van der Waals surface area contributed by atoms with Gasteiger partial charge in [-0.05, 0) is 132 Å². The Morgan fingerprint density at radius 2 is 1.73 bits per heavy atom. The van der Waals surface area contributed by atoms with E-state index in [2.05, 4.69) is 108 Å². The van der Waals surface area contributed by atoms with Crippen molar-refractivity contribution in [3.8, 4) is 16.9 Å². The van der Waals surface area contributed by atoms with Crippen molar-refractivity contribution in [2.24, 2.45) is 11.3 Å². The SMILES string of the molecule is Cc1cc(OCCCO[Si](C)(C)C(C)(C)C)cc(C)c1-c1cccc(CNc2ccc3c(c2)CC2(CC2)C3C(C)C(=O)O)c1C. The summed E-state index contributed by atoms with van der Waals surface area (Å²) in [5, 5.41) is 13.6. The molecule has 2 atom stereocenters. The Bertz CT molecular complexity index is 1540. The third-order valence-corrected chi connectivity index (χ3v) is 15.5. The van der Waals surface area contributed by atoms with Gasteiger partial charge in [-0.3, -0.25) is 4.79 Å². The number of benzene rings is 3. The third kappa shape index (κ3) is 6.87. The molecule has 2 N–H and O–H groups in total. The molecular formula is C39H53NO4Si. The summed E-state index contributed by atoms with van der Waals surface area (Å²) in [6, 6.07) is 17.5. The molecule has 0 amide bonds. The van der Waals surface area contributed by atoms with Crippen molar-refractivity contribution in [1.29, 1.82) is 0 Å². The molecule has 3 aromatic rings. The first kappa shape index (κ1) is 33.3. The average Bonchev–Trinajstić information content (AvgIpc) is 3.64. The fourth-order valence-corrected chi connectivity index (χ4v) is 8.24. The van der Waals surface area contributed by atoms with Crippen LogP contribution in [-0.2, 0) is 22.2 Å². The van der Waals surface area contributed by atoms with Crippen LogP contribution < -0.4 is 10.1 Å². The topological polar surface area (TPSA) is 67.8 Å². The Morgan fingerprint density at radius 1 is 1.04 bits per heavy atom. The molecule has 5 nitrogen and oxygen atoms in total. The molecule has 0 aliphatic heterocycles. The molecular weight excluding hydrogens is 575 g/mol. The number of hydrogen-bond acceptors (Lipinski definition) is 4. The maximum absolute atomic E-state index is 11.9. The molecule has 2 unspecified atom stereocenters. The molecule has 5 rings (SSSR count). The van der Waals surface area contributed by atoms with Crippen molar-refractivity contribution >= 4 is 20.0 Å². The number of nitrogens with one attached hydrogen (secondary N) is 1. The van der Waals surface area contributed by atoms with Crippen LogP contribution in [0, 0.1) is 32.1 Å². The fourth-order valence-electron chi connectivity index (χ4n) is 7.15. The number of rotatable bonds is 12. The van der Waals surface area contributed by atoms with Crippen LogP contribution in [0.4, 0.5) is 5.69 Å². The van der Waals surface area contributed by atoms with Gasteiger partial charge in [-0.1, -0.05) is 52.0 Å². The molecule has 0 radical (unpaired) electrons. The highest BCUT2D eigenvalue weighted by molar-refractivity contribution is 6.74. The lowest BCUT2D eigenvalue weighted by Crippen LogP contribution is -2.41. The van der Waals surface area contributed by atoms with E-state index < -0.39 is 14.3 Å². The molecule has 0 heterocycles. The van der Waals surface area contributed by atoms with E-state index in [1.165, 1.54) is 44.5 Å². The summed E-state index contributed by atoms with van der Waals surface area (Å²) in [5.41, 5.74) is 11.3. The average molecular weight is 628 g/mol. The minimum Gasteiger partial charge on any atom is -0.493 e. The Hall–Kier alpha value is -3.09. The summed E-state index contributed by atoms with van der Waals surface area (Å²) in [4.78, 5) is 11.9. The van der Waals surface area contributed by atoms with Crippen LogP contribution in [0.3, 0.4) is 0 Å². The van der Waals surface area contributed by atoms with E-state index in [9.17, 15) is 9.90 Å². The molecule has 0 aromatic heterocycles. The second-order valence-electron chi connectivity index (χ2n) is 15.2. The van der Waals surface area contributed by atoms with Gasteiger partial charge in [0, 0.05) is 31.2 Å². The van der Waals surface area contributed by atoms with Gasteiger partial charge in [-0.25, -0.2) is 0 Å².